The Morgan fingerprint density at radius 2 is 1.05 bits per heavy atom. The van der Waals surface area contributed by atoms with Gasteiger partial charge in [0.2, 0.25) is 0 Å². The fourth-order valence-corrected chi connectivity index (χ4v) is 10.3. The SMILES string of the molecule is CC1=C(C)C(C)(c2cccc(N(c3cccc(-c4ccc5c(c4)c4ccccc4n5-c4ccc(-c5ccccc5)cc4)c3)c3ccc4c(c3)oc3ccccc34)c2)c2ccccc21. The van der Waals surface area contributed by atoms with Crippen molar-refractivity contribution in [2.24, 2.45) is 0 Å². The molecule has 63 heavy (non-hydrogen) atoms. The number of hydrogen-bond donors (Lipinski definition) is 0. The van der Waals surface area contributed by atoms with E-state index in [9.17, 15) is 0 Å². The second-order valence-corrected chi connectivity index (χ2v) is 17.1. The Balaban J connectivity index is 0.993. The number of para-hydroxylation sites is 2. The van der Waals surface area contributed by atoms with Crippen LogP contribution in [0.2, 0.25) is 0 Å². The normalized spacial score (nSPS) is 14.9. The predicted molar refractivity (Wildman–Crippen MR) is 265 cm³/mol. The van der Waals surface area contributed by atoms with E-state index >= 15 is 0 Å². The molecular formula is C60H44N2O. The number of anilines is 3. The molecule has 0 amide bonds. The number of hydrogen-bond acceptors (Lipinski definition) is 2. The number of allylic oxidation sites excluding steroid dienone is 2. The van der Waals surface area contributed by atoms with Crippen molar-refractivity contribution >= 4 is 66.4 Å². The van der Waals surface area contributed by atoms with E-state index in [4.69, 9.17) is 4.42 Å². The maximum atomic E-state index is 6.50. The van der Waals surface area contributed by atoms with Crippen molar-refractivity contribution in [3.05, 3.63) is 235 Å². The lowest BCUT2D eigenvalue weighted by Gasteiger charge is -2.32. The molecule has 0 aliphatic heterocycles. The molecule has 0 bridgehead atoms. The Hall–Kier alpha value is -7.88. The Morgan fingerprint density at radius 1 is 0.429 bits per heavy atom. The molecule has 300 valence electrons. The zero-order chi connectivity index (χ0) is 42.2. The Morgan fingerprint density at radius 3 is 1.90 bits per heavy atom. The first-order valence-electron chi connectivity index (χ1n) is 21.8. The molecule has 1 aliphatic carbocycles. The predicted octanol–water partition coefficient (Wildman–Crippen LogP) is 16.6. The van der Waals surface area contributed by atoms with Gasteiger partial charge in [0.1, 0.15) is 11.2 Å². The molecule has 0 fully saturated rings. The fraction of sp³-hybridized carbons (Fsp3) is 0.0667. The number of aromatic nitrogens is 1. The summed E-state index contributed by atoms with van der Waals surface area (Å²) in [6.45, 7) is 6.95. The highest BCUT2D eigenvalue weighted by molar-refractivity contribution is 6.11. The third-order valence-corrected chi connectivity index (χ3v) is 13.8. The smallest absolute Gasteiger partial charge is 0.137 e. The summed E-state index contributed by atoms with van der Waals surface area (Å²) in [6.07, 6.45) is 0. The van der Waals surface area contributed by atoms with E-state index in [2.05, 4.69) is 230 Å². The molecule has 11 aromatic rings. The van der Waals surface area contributed by atoms with Gasteiger partial charge >= 0.3 is 0 Å². The molecular weight excluding hydrogens is 765 g/mol. The van der Waals surface area contributed by atoms with Gasteiger partial charge in [-0.3, -0.25) is 0 Å². The Kier molecular flexibility index (Phi) is 8.42. The van der Waals surface area contributed by atoms with Crippen molar-refractivity contribution in [1.82, 2.24) is 4.57 Å². The lowest BCUT2D eigenvalue weighted by atomic mass is 9.73. The largest absolute Gasteiger partial charge is 0.456 e. The van der Waals surface area contributed by atoms with Crippen molar-refractivity contribution in [3.8, 4) is 27.9 Å². The third kappa shape index (κ3) is 5.81. The molecule has 0 saturated carbocycles. The fourth-order valence-electron chi connectivity index (χ4n) is 10.3. The van der Waals surface area contributed by atoms with Crippen molar-refractivity contribution in [3.63, 3.8) is 0 Å². The van der Waals surface area contributed by atoms with Crippen LogP contribution in [0.15, 0.2) is 222 Å². The van der Waals surface area contributed by atoms with Gasteiger partial charge in [-0.1, -0.05) is 139 Å². The van der Waals surface area contributed by atoms with E-state index in [0.29, 0.717) is 0 Å². The Labute approximate surface area is 367 Å². The highest BCUT2D eigenvalue weighted by atomic mass is 16.3. The van der Waals surface area contributed by atoms with Crippen molar-refractivity contribution in [2.75, 3.05) is 4.90 Å². The van der Waals surface area contributed by atoms with Gasteiger partial charge in [-0.05, 0) is 138 Å². The summed E-state index contributed by atoms with van der Waals surface area (Å²) in [5.41, 5.74) is 19.7. The molecule has 0 saturated heterocycles. The highest BCUT2D eigenvalue weighted by Gasteiger charge is 2.39. The van der Waals surface area contributed by atoms with Gasteiger partial charge < -0.3 is 13.9 Å². The lowest BCUT2D eigenvalue weighted by Crippen LogP contribution is -2.23. The van der Waals surface area contributed by atoms with Crippen molar-refractivity contribution in [1.29, 1.82) is 0 Å². The minimum Gasteiger partial charge on any atom is -0.456 e. The molecule has 1 unspecified atom stereocenters. The van der Waals surface area contributed by atoms with Gasteiger partial charge in [0.15, 0.2) is 0 Å². The van der Waals surface area contributed by atoms with Gasteiger partial charge in [-0.25, -0.2) is 0 Å². The van der Waals surface area contributed by atoms with Gasteiger partial charge in [-0.15, -0.1) is 0 Å². The second-order valence-electron chi connectivity index (χ2n) is 17.1. The van der Waals surface area contributed by atoms with Crippen molar-refractivity contribution < 1.29 is 4.42 Å². The monoisotopic (exact) mass is 808 g/mol. The molecule has 9 aromatic carbocycles. The first-order chi connectivity index (χ1) is 30.9. The van der Waals surface area contributed by atoms with Crippen LogP contribution in [0, 0.1) is 0 Å². The standard InChI is InChI=1S/C60H44N2O/c1-39-40(2)60(3,55-24-10-7-21-50(39)55)45-18-14-20-48(37-45)61(49-32-33-53-52-23-9-12-26-58(52)63-59(53)38-49)47-19-13-17-43(35-47)44-29-34-57-54(36-44)51-22-8-11-25-56(51)62(57)46-30-27-42(28-31-46)41-15-5-4-6-16-41/h4-38H,1-3H3. The molecule has 2 heterocycles. The summed E-state index contributed by atoms with van der Waals surface area (Å²) in [7, 11) is 0. The first kappa shape index (κ1) is 36.9. The topological polar surface area (TPSA) is 21.3 Å². The zero-order valence-corrected chi connectivity index (χ0v) is 35.5. The molecule has 2 aromatic heterocycles. The third-order valence-electron chi connectivity index (χ3n) is 13.8. The summed E-state index contributed by atoms with van der Waals surface area (Å²) < 4.78 is 8.89. The minimum atomic E-state index is -0.259. The second kappa shape index (κ2) is 14.4. The molecule has 0 radical (unpaired) electrons. The average Bonchev–Trinajstić information content (AvgIpc) is 3.95. The summed E-state index contributed by atoms with van der Waals surface area (Å²) in [5.74, 6) is 0. The number of benzene rings is 9. The number of fused-ring (bicyclic) bond motifs is 7. The van der Waals surface area contributed by atoms with Crippen LogP contribution in [0.1, 0.15) is 37.5 Å². The lowest BCUT2D eigenvalue weighted by molar-refractivity contribution is 0.669. The molecule has 1 aliphatic rings. The van der Waals surface area contributed by atoms with Gasteiger partial charge in [-0.2, -0.15) is 0 Å². The molecule has 3 nitrogen and oxygen atoms in total. The van der Waals surface area contributed by atoms with E-state index < -0.39 is 0 Å². The van der Waals surface area contributed by atoms with E-state index in [1.165, 1.54) is 66.3 Å². The van der Waals surface area contributed by atoms with Crippen LogP contribution >= 0.6 is 0 Å². The highest BCUT2D eigenvalue weighted by Crippen LogP contribution is 2.51. The van der Waals surface area contributed by atoms with Crippen LogP contribution in [0.5, 0.6) is 0 Å². The van der Waals surface area contributed by atoms with Gasteiger partial charge in [0.05, 0.1) is 11.0 Å². The van der Waals surface area contributed by atoms with E-state index in [0.717, 1.165) is 50.3 Å². The van der Waals surface area contributed by atoms with Crippen LogP contribution in [-0.4, -0.2) is 4.57 Å². The molecule has 1 atom stereocenters. The molecule has 12 rings (SSSR count). The summed E-state index contributed by atoms with van der Waals surface area (Å²) >= 11 is 0. The maximum absolute atomic E-state index is 6.50. The van der Waals surface area contributed by atoms with Crippen LogP contribution in [0.25, 0.3) is 77.3 Å². The van der Waals surface area contributed by atoms with Crippen LogP contribution in [0.3, 0.4) is 0 Å². The zero-order valence-electron chi connectivity index (χ0n) is 35.5. The van der Waals surface area contributed by atoms with Crippen LogP contribution in [-0.2, 0) is 5.41 Å². The van der Waals surface area contributed by atoms with E-state index in [1.54, 1.807) is 0 Å². The number of rotatable bonds is 7. The van der Waals surface area contributed by atoms with E-state index in [1.807, 2.05) is 12.1 Å². The van der Waals surface area contributed by atoms with E-state index in [-0.39, 0.29) is 5.41 Å². The Bertz CT molecular complexity index is 3610. The van der Waals surface area contributed by atoms with Crippen molar-refractivity contribution in [2.45, 2.75) is 26.2 Å². The summed E-state index contributed by atoms with van der Waals surface area (Å²) in [4.78, 5) is 2.39. The molecule has 0 N–H and O–H groups in total. The summed E-state index contributed by atoms with van der Waals surface area (Å²) in [5, 5.41) is 4.70. The summed E-state index contributed by atoms with van der Waals surface area (Å²) in [6, 6.07) is 77.2. The molecule has 0 spiro atoms. The first-order valence-corrected chi connectivity index (χ1v) is 21.8. The number of nitrogens with zero attached hydrogens (tertiary/aromatic N) is 2. The maximum Gasteiger partial charge on any atom is 0.137 e. The average molecular weight is 809 g/mol. The van der Waals surface area contributed by atoms with Gasteiger partial charge in [0.25, 0.3) is 0 Å². The minimum absolute atomic E-state index is 0.259. The van der Waals surface area contributed by atoms with Crippen LogP contribution in [0.4, 0.5) is 17.1 Å². The number of furan rings is 1. The quantitative estimate of drug-likeness (QED) is 0.160. The van der Waals surface area contributed by atoms with Gasteiger partial charge in [0, 0.05) is 55.8 Å². The van der Waals surface area contributed by atoms with Crippen LogP contribution < -0.4 is 4.90 Å². The molecule has 3 heteroatoms.